The van der Waals surface area contributed by atoms with Crippen molar-refractivity contribution in [2.24, 2.45) is 5.92 Å². The van der Waals surface area contributed by atoms with Crippen molar-refractivity contribution in [2.75, 3.05) is 0 Å². The second-order valence-electron chi connectivity index (χ2n) is 4.44. The molecule has 0 bridgehead atoms. The largest absolute Gasteiger partial charge is 0.329 e. The molecule has 16 heavy (non-hydrogen) atoms. The minimum atomic E-state index is -0.396. The molecule has 5 heteroatoms. The van der Waals surface area contributed by atoms with Gasteiger partial charge in [-0.25, -0.2) is 4.79 Å². The van der Waals surface area contributed by atoms with E-state index in [9.17, 15) is 9.59 Å². The van der Waals surface area contributed by atoms with Crippen LogP contribution in [0.3, 0.4) is 0 Å². The van der Waals surface area contributed by atoms with Crippen LogP contribution in [0.15, 0.2) is 9.59 Å². The average molecular weight is 243 g/mol. The zero-order chi connectivity index (χ0) is 11.7. The smallest absolute Gasteiger partial charge is 0.297 e. The van der Waals surface area contributed by atoms with Crippen molar-refractivity contribution in [3.05, 3.63) is 31.6 Å². The molecule has 2 rings (SSSR count). The lowest BCUT2D eigenvalue weighted by atomic mass is 10.1. The zero-order valence-corrected chi connectivity index (χ0v) is 10.0. The van der Waals surface area contributed by atoms with Crippen LogP contribution in [0.1, 0.15) is 31.2 Å². The average Bonchev–Trinajstić information content (AvgIpc) is 2.74. The molecule has 1 aromatic rings. The van der Waals surface area contributed by atoms with E-state index in [4.69, 9.17) is 11.6 Å². The molecule has 0 spiro atoms. The van der Waals surface area contributed by atoms with E-state index >= 15 is 0 Å². The summed E-state index contributed by atoms with van der Waals surface area (Å²) in [6, 6.07) is 0. The highest BCUT2D eigenvalue weighted by molar-refractivity contribution is 6.30. The number of hydrogen-bond donors (Lipinski definition) is 1. The first-order chi connectivity index (χ1) is 7.59. The number of rotatable bonds is 2. The highest BCUT2D eigenvalue weighted by atomic mass is 35.5. The molecule has 4 nitrogen and oxygen atoms in total. The van der Waals surface area contributed by atoms with Gasteiger partial charge in [-0.05, 0) is 25.7 Å². The molecule has 0 amide bonds. The fourth-order valence-corrected chi connectivity index (χ4v) is 2.42. The molecule has 1 fully saturated rings. The maximum Gasteiger partial charge on any atom is 0.329 e. The summed E-state index contributed by atoms with van der Waals surface area (Å²) < 4.78 is 1.27. The van der Waals surface area contributed by atoms with Crippen molar-refractivity contribution in [3.8, 4) is 0 Å². The molecule has 0 aliphatic heterocycles. The van der Waals surface area contributed by atoms with Gasteiger partial charge in [-0.2, -0.15) is 0 Å². The molecule has 1 N–H and O–H groups in total. The van der Waals surface area contributed by atoms with Gasteiger partial charge in [0, 0.05) is 12.1 Å². The van der Waals surface area contributed by atoms with E-state index in [1.54, 1.807) is 6.92 Å². The van der Waals surface area contributed by atoms with Gasteiger partial charge in [-0.15, -0.1) is 0 Å². The minimum absolute atomic E-state index is 0.151. The summed E-state index contributed by atoms with van der Waals surface area (Å²) in [5, 5.41) is 0.151. The molecule has 0 saturated heterocycles. The van der Waals surface area contributed by atoms with E-state index in [0.29, 0.717) is 18.0 Å². The van der Waals surface area contributed by atoms with Crippen molar-refractivity contribution in [3.63, 3.8) is 0 Å². The Morgan fingerprint density at radius 3 is 2.62 bits per heavy atom. The molecule has 0 radical (unpaired) electrons. The van der Waals surface area contributed by atoms with Crippen LogP contribution < -0.4 is 11.2 Å². The van der Waals surface area contributed by atoms with E-state index in [1.807, 2.05) is 0 Å². The Kier molecular flexibility index (Phi) is 3.19. The van der Waals surface area contributed by atoms with Crippen molar-refractivity contribution < 1.29 is 0 Å². The Morgan fingerprint density at radius 1 is 1.38 bits per heavy atom. The Hall–Kier alpha value is -1.03. The second-order valence-corrected chi connectivity index (χ2v) is 4.81. The number of nitrogens with one attached hydrogen (secondary N) is 1. The summed E-state index contributed by atoms with van der Waals surface area (Å²) >= 11 is 5.74. The molecule has 0 atom stereocenters. The highest BCUT2D eigenvalue weighted by Crippen LogP contribution is 2.25. The SMILES string of the molecule is Cc1c(Cl)[nH]c(=O)n(CC2CCCC2)c1=O. The molecule has 1 aliphatic carbocycles. The molecule has 1 aliphatic rings. The van der Waals surface area contributed by atoms with Gasteiger partial charge in [0.1, 0.15) is 5.15 Å². The molecule has 1 saturated carbocycles. The van der Waals surface area contributed by atoms with Crippen LogP contribution in [-0.2, 0) is 6.54 Å². The van der Waals surface area contributed by atoms with Gasteiger partial charge in [0.25, 0.3) is 5.56 Å². The summed E-state index contributed by atoms with van der Waals surface area (Å²) in [6.45, 7) is 2.15. The van der Waals surface area contributed by atoms with E-state index in [1.165, 1.54) is 17.4 Å². The number of halogens is 1. The van der Waals surface area contributed by atoms with Gasteiger partial charge in [0.2, 0.25) is 0 Å². The van der Waals surface area contributed by atoms with Crippen molar-refractivity contribution in [2.45, 2.75) is 39.2 Å². The van der Waals surface area contributed by atoms with Gasteiger partial charge in [0.15, 0.2) is 0 Å². The van der Waals surface area contributed by atoms with Gasteiger partial charge >= 0.3 is 5.69 Å². The number of hydrogen-bond acceptors (Lipinski definition) is 2. The quantitative estimate of drug-likeness (QED) is 0.803. The normalized spacial score (nSPS) is 16.9. The topological polar surface area (TPSA) is 54.9 Å². The summed E-state index contributed by atoms with van der Waals surface area (Å²) in [7, 11) is 0. The highest BCUT2D eigenvalue weighted by Gasteiger charge is 2.18. The lowest BCUT2D eigenvalue weighted by molar-refractivity contribution is 0.435. The standard InChI is InChI=1S/C11H15ClN2O2/c1-7-9(12)13-11(16)14(10(7)15)6-8-4-2-3-5-8/h8H,2-6H2,1H3,(H,13,16). The van der Waals surface area contributed by atoms with Crippen LogP contribution in [0.2, 0.25) is 5.15 Å². The van der Waals surface area contributed by atoms with Gasteiger partial charge < -0.3 is 0 Å². The zero-order valence-electron chi connectivity index (χ0n) is 9.25. The van der Waals surface area contributed by atoms with E-state index in [0.717, 1.165) is 12.8 Å². The van der Waals surface area contributed by atoms with Gasteiger partial charge in [0.05, 0.1) is 0 Å². The molecule has 0 unspecified atom stereocenters. The Labute approximate surface area is 98.3 Å². The summed E-state index contributed by atoms with van der Waals surface area (Å²) in [4.78, 5) is 26.0. The maximum atomic E-state index is 11.9. The van der Waals surface area contributed by atoms with E-state index < -0.39 is 5.69 Å². The van der Waals surface area contributed by atoms with Crippen LogP contribution in [0.4, 0.5) is 0 Å². The van der Waals surface area contributed by atoms with E-state index in [-0.39, 0.29) is 10.7 Å². The second kappa shape index (κ2) is 4.45. The fraction of sp³-hybridized carbons (Fsp3) is 0.636. The van der Waals surface area contributed by atoms with Crippen LogP contribution in [0.5, 0.6) is 0 Å². The summed E-state index contributed by atoms with van der Waals surface area (Å²) in [5.41, 5.74) is -0.243. The van der Waals surface area contributed by atoms with Crippen molar-refractivity contribution in [1.29, 1.82) is 0 Å². The monoisotopic (exact) mass is 242 g/mol. The summed E-state index contributed by atoms with van der Waals surface area (Å²) in [6.07, 6.45) is 4.61. The van der Waals surface area contributed by atoms with Gasteiger partial charge in [-0.1, -0.05) is 24.4 Å². The van der Waals surface area contributed by atoms with E-state index in [2.05, 4.69) is 4.98 Å². The minimum Gasteiger partial charge on any atom is -0.297 e. The van der Waals surface area contributed by atoms with Crippen LogP contribution >= 0.6 is 11.6 Å². The summed E-state index contributed by atoms with van der Waals surface area (Å²) in [5.74, 6) is 0.458. The predicted molar refractivity (Wildman–Crippen MR) is 63.0 cm³/mol. The van der Waals surface area contributed by atoms with Crippen molar-refractivity contribution in [1.82, 2.24) is 9.55 Å². The molecular formula is C11H15ClN2O2. The predicted octanol–water partition coefficient (Wildman–Crippen LogP) is 1.69. The third-order valence-electron chi connectivity index (χ3n) is 3.27. The lowest BCUT2D eigenvalue weighted by Gasteiger charge is -2.11. The molecule has 1 heterocycles. The first kappa shape index (κ1) is 11.5. The van der Waals surface area contributed by atoms with Crippen LogP contribution in [0, 0.1) is 12.8 Å². The molecule has 88 valence electrons. The Morgan fingerprint density at radius 2 is 2.00 bits per heavy atom. The Bertz CT molecular complexity index is 498. The number of H-pyrrole nitrogens is 1. The lowest BCUT2D eigenvalue weighted by Crippen LogP contribution is -2.38. The Balaban J connectivity index is 2.37. The van der Waals surface area contributed by atoms with Crippen LogP contribution in [-0.4, -0.2) is 9.55 Å². The number of aromatic amines is 1. The first-order valence-electron chi connectivity index (χ1n) is 5.59. The maximum absolute atomic E-state index is 11.9. The molecule has 0 aromatic carbocycles. The third-order valence-corrected chi connectivity index (χ3v) is 3.65. The van der Waals surface area contributed by atoms with Crippen LogP contribution in [0.25, 0.3) is 0 Å². The number of nitrogens with zero attached hydrogens (tertiary/aromatic N) is 1. The number of aromatic nitrogens is 2. The third kappa shape index (κ3) is 2.07. The first-order valence-corrected chi connectivity index (χ1v) is 5.96. The van der Waals surface area contributed by atoms with Gasteiger partial charge in [-0.3, -0.25) is 14.3 Å². The molecule has 1 aromatic heterocycles. The van der Waals surface area contributed by atoms with Crippen molar-refractivity contribution >= 4 is 11.6 Å². The molecular weight excluding hydrogens is 228 g/mol. The fourth-order valence-electron chi connectivity index (χ4n) is 2.26.